The number of aliphatic hydroxyl groups excluding tert-OH is 1. The number of esters is 3. The summed E-state index contributed by atoms with van der Waals surface area (Å²) in [4.78, 5) is 38.6. The molecule has 7 aliphatic rings. The fraction of sp³-hybridized carbons (Fsp3) is 0.690. The van der Waals surface area contributed by atoms with Crippen molar-refractivity contribution < 1.29 is 52.6 Å². The molecule has 1 unspecified atom stereocenters. The van der Waals surface area contributed by atoms with Gasteiger partial charge in [0, 0.05) is 32.3 Å². The molecule has 10 atom stereocenters. The first-order valence-electron chi connectivity index (χ1n) is 13.9. The van der Waals surface area contributed by atoms with Gasteiger partial charge in [0.1, 0.15) is 41.9 Å². The summed E-state index contributed by atoms with van der Waals surface area (Å²) in [5.74, 6) is -1.25. The second-order valence-corrected chi connectivity index (χ2v) is 12.3. The van der Waals surface area contributed by atoms with E-state index in [9.17, 15) is 19.5 Å². The fourth-order valence-electron chi connectivity index (χ4n) is 8.05. The Hall–Kier alpha value is -2.73. The third kappa shape index (κ3) is 3.41. The first-order valence-corrected chi connectivity index (χ1v) is 13.9. The number of ether oxygens (including phenoxy) is 7. The zero-order valence-electron chi connectivity index (χ0n) is 22.8. The van der Waals surface area contributed by atoms with Gasteiger partial charge in [-0.25, -0.2) is 9.59 Å². The lowest BCUT2D eigenvalue weighted by molar-refractivity contribution is -0.240. The number of fused-ring (bicyclic) bond motifs is 1. The zero-order valence-corrected chi connectivity index (χ0v) is 22.8. The highest BCUT2D eigenvalue weighted by molar-refractivity contribution is 5.82. The number of rotatable bonds is 1. The predicted molar refractivity (Wildman–Crippen MR) is 133 cm³/mol. The Morgan fingerprint density at radius 3 is 2.73 bits per heavy atom. The molecule has 1 saturated carbocycles. The first kappa shape index (κ1) is 26.2. The van der Waals surface area contributed by atoms with E-state index in [0.717, 1.165) is 5.57 Å². The SMILES string of the molecule is CC(=O)O[C@H]1C[C@@]23COC(=O)[C@H]4O[C@@]45CCO/C(=C/C/C=C\C(=O)O[C@@H]4C[C@@H](O[C@@H]2C=C1C)[C@@]1(CO1)C43C)[C@@H]5O. The molecule has 0 aromatic rings. The normalized spacial score (nSPS) is 51.0. The van der Waals surface area contributed by atoms with Gasteiger partial charge in [-0.2, -0.15) is 0 Å². The molecular weight excluding hydrogens is 524 g/mol. The van der Waals surface area contributed by atoms with Crippen molar-refractivity contribution >= 4 is 17.9 Å². The monoisotopic (exact) mass is 558 g/mol. The molecule has 216 valence electrons. The second kappa shape index (κ2) is 8.64. The van der Waals surface area contributed by atoms with E-state index in [1.165, 1.54) is 13.0 Å². The van der Waals surface area contributed by atoms with Crippen LogP contribution in [0.4, 0.5) is 0 Å². The van der Waals surface area contributed by atoms with Crippen LogP contribution in [-0.4, -0.2) is 90.7 Å². The molecule has 1 N–H and O–H groups in total. The molecule has 0 amide bonds. The number of carbonyl (C=O) groups is 3. The van der Waals surface area contributed by atoms with Crippen molar-refractivity contribution in [3.63, 3.8) is 0 Å². The predicted octanol–water partition coefficient (Wildman–Crippen LogP) is 1.42. The van der Waals surface area contributed by atoms with Gasteiger partial charge < -0.3 is 38.3 Å². The lowest BCUT2D eigenvalue weighted by Gasteiger charge is -2.59. The minimum absolute atomic E-state index is 0.110. The lowest BCUT2D eigenvalue weighted by Crippen LogP contribution is -2.68. The largest absolute Gasteiger partial charge is 0.495 e. The fourth-order valence-corrected chi connectivity index (χ4v) is 8.05. The molecule has 40 heavy (non-hydrogen) atoms. The molecular formula is C29H34O11. The van der Waals surface area contributed by atoms with E-state index in [2.05, 4.69) is 0 Å². The molecule has 11 nitrogen and oxygen atoms in total. The number of hydrogen-bond donors (Lipinski definition) is 1. The van der Waals surface area contributed by atoms with Crippen LogP contribution in [0.25, 0.3) is 0 Å². The van der Waals surface area contributed by atoms with Gasteiger partial charge in [-0.1, -0.05) is 19.1 Å². The van der Waals surface area contributed by atoms with Crippen molar-refractivity contribution in [3.8, 4) is 0 Å². The van der Waals surface area contributed by atoms with Crippen molar-refractivity contribution in [2.75, 3.05) is 19.8 Å². The Labute approximate surface area is 231 Å². The van der Waals surface area contributed by atoms with Crippen LogP contribution in [-0.2, 0) is 47.5 Å². The van der Waals surface area contributed by atoms with Gasteiger partial charge in [0.15, 0.2) is 6.10 Å². The third-order valence-electron chi connectivity index (χ3n) is 10.5. The van der Waals surface area contributed by atoms with E-state index in [1.54, 1.807) is 12.2 Å². The topological polar surface area (TPSA) is 143 Å². The van der Waals surface area contributed by atoms with Gasteiger partial charge in [-0.3, -0.25) is 4.79 Å². The maximum atomic E-state index is 13.5. The second-order valence-electron chi connectivity index (χ2n) is 12.3. The highest BCUT2D eigenvalue weighted by Gasteiger charge is 2.83. The van der Waals surface area contributed by atoms with Crippen molar-refractivity contribution in [1.82, 2.24) is 0 Å². The average molecular weight is 559 g/mol. The van der Waals surface area contributed by atoms with E-state index in [1.807, 2.05) is 19.9 Å². The molecule has 4 bridgehead atoms. The smallest absolute Gasteiger partial charge is 0.338 e. The molecule has 0 aromatic carbocycles. The van der Waals surface area contributed by atoms with Gasteiger partial charge in [0.05, 0.1) is 36.3 Å². The molecule has 5 fully saturated rings. The quantitative estimate of drug-likeness (QED) is 0.216. The van der Waals surface area contributed by atoms with E-state index >= 15 is 0 Å². The number of cyclic esters (lactones) is 1. The van der Waals surface area contributed by atoms with Crippen LogP contribution >= 0.6 is 0 Å². The van der Waals surface area contributed by atoms with Crippen molar-refractivity contribution in [2.45, 2.75) is 94.3 Å². The maximum Gasteiger partial charge on any atom is 0.338 e. The summed E-state index contributed by atoms with van der Waals surface area (Å²) in [7, 11) is 0. The minimum atomic E-state index is -1.15. The molecule has 4 saturated heterocycles. The summed E-state index contributed by atoms with van der Waals surface area (Å²) in [5, 5.41) is 11.0. The average Bonchev–Trinajstić information content (AvgIpc) is 3.81. The molecule has 0 radical (unpaired) electrons. The van der Waals surface area contributed by atoms with Crippen LogP contribution in [0.15, 0.2) is 35.6 Å². The van der Waals surface area contributed by atoms with Crippen LogP contribution in [0.2, 0.25) is 0 Å². The molecule has 0 aromatic heterocycles. The van der Waals surface area contributed by atoms with Gasteiger partial charge in [-0.05, 0) is 25.0 Å². The molecule has 7 rings (SSSR count). The summed E-state index contributed by atoms with van der Waals surface area (Å²) < 4.78 is 42.1. The van der Waals surface area contributed by atoms with Crippen LogP contribution < -0.4 is 0 Å². The standard InChI is InChI=1S/C29H34O11/c1-15-10-20-27(12-18(15)37-16(2)30)13-35-25(33)24-28(40-24)8-9-34-17(23(28)32)6-4-5-7-22(31)39-19-11-21(38-20)29(14-36-29)26(19,27)3/h5-7,10,18-21,23-24,32H,4,8-9,11-14H2,1-3H3/b7-5-,17-6+/t18-,19+,20+,21+,23-,24+,26?,27+,28+,29-/m0/s1. The third-order valence-corrected chi connectivity index (χ3v) is 10.5. The number of hydrogen-bond acceptors (Lipinski definition) is 11. The molecule has 11 heteroatoms. The van der Waals surface area contributed by atoms with Crippen molar-refractivity contribution in [3.05, 3.63) is 35.6 Å². The van der Waals surface area contributed by atoms with Crippen molar-refractivity contribution in [2.24, 2.45) is 10.8 Å². The van der Waals surface area contributed by atoms with Gasteiger partial charge in [0.25, 0.3) is 0 Å². The van der Waals surface area contributed by atoms with Crippen molar-refractivity contribution in [1.29, 1.82) is 0 Å². The summed E-state index contributed by atoms with van der Waals surface area (Å²) in [6.45, 7) is 5.83. The zero-order chi connectivity index (χ0) is 28.1. The maximum absolute atomic E-state index is 13.5. The minimum Gasteiger partial charge on any atom is -0.495 e. The summed E-state index contributed by atoms with van der Waals surface area (Å²) >= 11 is 0. The summed E-state index contributed by atoms with van der Waals surface area (Å²) in [6, 6.07) is 0. The van der Waals surface area contributed by atoms with E-state index in [0.29, 0.717) is 31.6 Å². The lowest BCUT2D eigenvalue weighted by atomic mass is 9.51. The summed E-state index contributed by atoms with van der Waals surface area (Å²) in [5.41, 5.74) is -2.81. The van der Waals surface area contributed by atoms with Gasteiger partial charge >= 0.3 is 17.9 Å². The Bertz CT molecular complexity index is 1250. The highest BCUT2D eigenvalue weighted by atomic mass is 16.7. The summed E-state index contributed by atoms with van der Waals surface area (Å²) in [6.07, 6.45) is 3.84. The molecule has 5 aliphatic heterocycles. The van der Waals surface area contributed by atoms with Crippen LogP contribution in [0.1, 0.15) is 46.5 Å². The molecule has 5 heterocycles. The van der Waals surface area contributed by atoms with Gasteiger partial charge in [-0.15, -0.1) is 0 Å². The first-order chi connectivity index (χ1) is 19.1. The Morgan fingerprint density at radius 1 is 1.18 bits per heavy atom. The van der Waals surface area contributed by atoms with Crippen LogP contribution in [0, 0.1) is 10.8 Å². The van der Waals surface area contributed by atoms with E-state index in [-0.39, 0.29) is 25.7 Å². The Morgan fingerprint density at radius 2 is 1.98 bits per heavy atom. The molecule has 2 aliphatic carbocycles. The Balaban J connectivity index is 1.31. The highest BCUT2D eigenvalue weighted by Crippen LogP contribution is 2.72. The number of epoxide rings is 2. The van der Waals surface area contributed by atoms with E-state index in [4.69, 9.17) is 33.2 Å². The van der Waals surface area contributed by atoms with Gasteiger partial charge in [0.2, 0.25) is 0 Å². The van der Waals surface area contributed by atoms with Crippen LogP contribution in [0.3, 0.4) is 0 Å². The Kier molecular flexibility index (Phi) is 5.66. The van der Waals surface area contributed by atoms with E-state index < -0.39 is 70.5 Å². The number of carbonyl (C=O) groups excluding carboxylic acids is 3. The number of allylic oxidation sites excluding steroid dienone is 2. The van der Waals surface area contributed by atoms with Crippen LogP contribution in [0.5, 0.6) is 0 Å². The molecule has 3 spiro atoms. The number of aliphatic hydroxyl groups is 1.